The number of rotatable bonds is 4. The topological polar surface area (TPSA) is 51.2 Å². The average molecular weight is 400 g/mol. The first kappa shape index (κ1) is 15.2. The maximum atomic E-state index is 12.3. The van der Waals surface area contributed by atoms with E-state index in [0.717, 1.165) is 10.0 Å². The van der Waals surface area contributed by atoms with Gasteiger partial charge in [0.25, 0.3) is 5.91 Å². The van der Waals surface area contributed by atoms with E-state index in [2.05, 4.69) is 42.2 Å². The number of amides is 1. The quantitative estimate of drug-likeness (QED) is 0.790. The minimum atomic E-state index is -0.222. The summed E-state index contributed by atoms with van der Waals surface area (Å²) >= 11 is 6.72. The SMILES string of the molecule is COCc1c(Br)cccc1NC(=O)c1cccnc1Br. The Labute approximate surface area is 133 Å². The lowest BCUT2D eigenvalue weighted by Crippen LogP contribution is -2.14. The highest BCUT2D eigenvalue weighted by atomic mass is 79.9. The van der Waals surface area contributed by atoms with Gasteiger partial charge in [-0.25, -0.2) is 4.98 Å². The lowest BCUT2D eigenvalue weighted by atomic mass is 10.1. The minimum Gasteiger partial charge on any atom is -0.380 e. The van der Waals surface area contributed by atoms with Crippen LogP contribution in [0.2, 0.25) is 0 Å². The number of carbonyl (C=O) groups is 1. The second-order valence-electron chi connectivity index (χ2n) is 3.99. The Hall–Kier alpha value is -1.24. The van der Waals surface area contributed by atoms with Crippen molar-refractivity contribution in [3.63, 3.8) is 0 Å². The number of nitrogens with one attached hydrogen (secondary N) is 1. The van der Waals surface area contributed by atoms with Gasteiger partial charge in [-0.15, -0.1) is 0 Å². The number of hydrogen-bond acceptors (Lipinski definition) is 3. The van der Waals surface area contributed by atoms with Gasteiger partial charge >= 0.3 is 0 Å². The summed E-state index contributed by atoms with van der Waals surface area (Å²) in [7, 11) is 1.61. The van der Waals surface area contributed by atoms with Crippen molar-refractivity contribution in [2.45, 2.75) is 6.61 Å². The van der Waals surface area contributed by atoms with Gasteiger partial charge < -0.3 is 10.1 Å². The smallest absolute Gasteiger partial charge is 0.258 e. The van der Waals surface area contributed by atoms with Crippen LogP contribution in [-0.2, 0) is 11.3 Å². The van der Waals surface area contributed by atoms with Crippen molar-refractivity contribution in [3.8, 4) is 0 Å². The molecule has 0 fully saturated rings. The minimum absolute atomic E-state index is 0.222. The highest BCUT2D eigenvalue weighted by Gasteiger charge is 2.13. The summed E-state index contributed by atoms with van der Waals surface area (Å²) < 4.78 is 6.56. The Balaban J connectivity index is 2.29. The van der Waals surface area contributed by atoms with Crippen molar-refractivity contribution < 1.29 is 9.53 Å². The fourth-order valence-corrected chi connectivity index (χ4v) is 2.62. The molecule has 2 rings (SSSR count). The fraction of sp³-hybridized carbons (Fsp3) is 0.143. The van der Waals surface area contributed by atoms with Crippen molar-refractivity contribution in [3.05, 3.63) is 56.7 Å². The normalized spacial score (nSPS) is 10.3. The van der Waals surface area contributed by atoms with Crippen LogP contribution in [0.15, 0.2) is 45.6 Å². The molecule has 0 radical (unpaired) electrons. The molecule has 0 saturated carbocycles. The van der Waals surface area contributed by atoms with Crippen LogP contribution in [0.3, 0.4) is 0 Å². The Bertz CT molecular complexity index is 632. The van der Waals surface area contributed by atoms with Crippen LogP contribution in [0.1, 0.15) is 15.9 Å². The summed E-state index contributed by atoms with van der Waals surface area (Å²) in [6, 6.07) is 9.03. The van der Waals surface area contributed by atoms with Gasteiger partial charge in [0.2, 0.25) is 0 Å². The Morgan fingerprint density at radius 2 is 2.10 bits per heavy atom. The summed E-state index contributed by atoms with van der Waals surface area (Å²) in [5, 5.41) is 2.87. The molecule has 0 saturated heterocycles. The van der Waals surface area contributed by atoms with E-state index < -0.39 is 0 Å². The van der Waals surface area contributed by atoms with E-state index in [1.807, 2.05) is 18.2 Å². The van der Waals surface area contributed by atoms with Crippen LogP contribution in [-0.4, -0.2) is 18.0 Å². The number of ether oxygens (including phenoxy) is 1. The number of carbonyl (C=O) groups excluding carboxylic acids is 1. The van der Waals surface area contributed by atoms with E-state index in [1.165, 1.54) is 0 Å². The molecule has 20 heavy (non-hydrogen) atoms. The first-order valence-electron chi connectivity index (χ1n) is 5.81. The molecule has 0 aliphatic carbocycles. The predicted octanol–water partition coefficient (Wildman–Crippen LogP) is 4.01. The Kier molecular flexibility index (Phi) is 5.28. The third-order valence-corrected chi connectivity index (χ3v) is 4.03. The molecule has 1 N–H and O–H groups in total. The number of methoxy groups -OCH3 is 1. The first-order chi connectivity index (χ1) is 9.63. The molecule has 6 heteroatoms. The molecule has 0 atom stereocenters. The molecule has 1 amide bonds. The van der Waals surface area contributed by atoms with Crippen LogP contribution in [0.25, 0.3) is 0 Å². The van der Waals surface area contributed by atoms with E-state index in [9.17, 15) is 4.79 Å². The first-order valence-corrected chi connectivity index (χ1v) is 7.40. The molecule has 104 valence electrons. The van der Waals surface area contributed by atoms with Crippen LogP contribution < -0.4 is 5.32 Å². The molecule has 4 nitrogen and oxygen atoms in total. The Morgan fingerprint density at radius 1 is 1.30 bits per heavy atom. The van der Waals surface area contributed by atoms with Crippen LogP contribution in [0.5, 0.6) is 0 Å². The molecule has 1 aromatic heterocycles. The zero-order chi connectivity index (χ0) is 14.5. The number of hydrogen-bond donors (Lipinski definition) is 1. The number of pyridine rings is 1. The van der Waals surface area contributed by atoms with Gasteiger partial charge in [-0.05, 0) is 40.2 Å². The zero-order valence-corrected chi connectivity index (χ0v) is 13.9. The van der Waals surface area contributed by atoms with E-state index >= 15 is 0 Å². The molecule has 0 spiro atoms. The second kappa shape index (κ2) is 6.97. The number of halogens is 2. The van der Waals surface area contributed by atoms with E-state index in [4.69, 9.17) is 4.74 Å². The number of anilines is 1. The van der Waals surface area contributed by atoms with Crippen molar-refractivity contribution in [2.24, 2.45) is 0 Å². The van der Waals surface area contributed by atoms with E-state index in [0.29, 0.717) is 22.5 Å². The largest absolute Gasteiger partial charge is 0.380 e. The highest BCUT2D eigenvalue weighted by molar-refractivity contribution is 9.10. The Morgan fingerprint density at radius 3 is 2.80 bits per heavy atom. The third-order valence-electron chi connectivity index (χ3n) is 2.66. The monoisotopic (exact) mass is 398 g/mol. The van der Waals surface area contributed by atoms with Gasteiger partial charge in [0.15, 0.2) is 0 Å². The van der Waals surface area contributed by atoms with Gasteiger partial charge in [-0.3, -0.25) is 4.79 Å². The van der Waals surface area contributed by atoms with Crippen LogP contribution in [0.4, 0.5) is 5.69 Å². The van der Waals surface area contributed by atoms with Crippen molar-refractivity contribution in [1.29, 1.82) is 0 Å². The van der Waals surface area contributed by atoms with Gasteiger partial charge in [-0.2, -0.15) is 0 Å². The number of nitrogens with zero attached hydrogens (tertiary/aromatic N) is 1. The molecule has 2 aromatic rings. The summed E-state index contributed by atoms with van der Waals surface area (Å²) in [5.41, 5.74) is 2.08. The molecule has 0 aliphatic heterocycles. The molecule has 1 aromatic carbocycles. The maximum Gasteiger partial charge on any atom is 0.258 e. The van der Waals surface area contributed by atoms with E-state index in [-0.39, 0.29) is 5.91 Å². The molecule has 0 unspecified atom stereocenters. The van der Waals surface area contributed by atoms with E-state index in [1.54, 1.807) is 25.4 Å². The molecule has 1 heterocycles. The average Bonchev–Trinajstić information content (AvgIpc) is 2.43. The number of aromatic nitrogens is 1. The van der Waals surface area contributed by atoms with Crippen LogP contribution in [0, 0.1) is 0 Å². The van der Waals surface area contributed by atoms with Gasteiger partial charge in [0.1, 0.15) is 4.60 Å². The standard InChI is InChI=1S/C14H12Br2N2O2/c1-20-8-10-11(15)5-2-6-12(10)18-14(19)9-4-3-7-17-13(9)16/h2-7H,8H2,1H3,(H,18,19). The lowest BCUT2D eigenvalue weighted by Gasteiger charge is -2.12. The van der Waals surface area contributed by atoms with Crippen LogP contribution >= 0.6 is 31.9 Å². The summed E-state index contributed by atoms with van der Waals surface area (Å²) in [4.78, 5) is 16.3. The fourth-order valence-electron chi connectivity index (χ4n) is 1.71. The summed E-state index contributed by atoms with van der Waals surface area (Å²) in [5.74, 6) is -0.222. The molecular formula is C14H12Br2N2O2. The maximum absolute atomic E-state index is 12.3. The third kappa shape index (κ3) is 3.45. The molecule has 0 aliphatic rings. The molecular weight excluding hydrogens is 388 g/mol. The summed E-state index contributed by atoms with van der Waals surface area (Å²) in [6.45, 7) is 0.408. The lowest BCUT2D eigenvalue weighted by molar-refractivity contribution is 0.102. The van der Waals surface area contributed by atoms with Gasteiger partial charge in [0.05, 0.1) is 12.2 Å². The highest BCUT2D eigenvalue weighted by Crippen LogP contribution is 2.26. The number of benzene rings is 1. The second-order valence-corrected chi connectivity index (χ2v) is 5.60. The zero-order valence-electron chi connectivity index (χ0n) is 10.7. The van der Waals surface area contributed by atoms with Gasteiger partial charge in [0, 0.05) is 29.0 Å². The predicted molar refractivity (Wildman–Crippen MR) is 84.7 cm³/mol. The van der Waals surface area contributed by atoms with Gasteiger partial charge in [-0.1, -0.05) is 22.0 Å². The van der Waals surface area contributed by atoms with Crippen molar-refractivity contribution in [2.75, 3.05) is 12.4 Å². The molecule has 0 bridgehead atoms. The summed E-state index contributed by atoms with van der Waals surface area (Å²) in [6.07, 6.45) is 1.62. The van der Waals surface area contributed by atoms with Crippen molar-refractivity contribution in [1.82, 2.24) is 4.98 Å². The van der Waals surface area contributed by atoms with Crippen molar-refractivity contribution >= 4 is 43.5 Å².